The molecule has 4 nitrogen and oxygen atoms in total. The number of benzene rings is 1. The van der Waals surface area contributed by atoms with Gasteiger partial charge in [0.1, 0.15) is 0 Å². The average molecular weight is 277 g/mol. The van der Waals surface area contributed by atoms with Crippen LogP contribution in [0.25, 0.3) is 0 Å². The fourth-order valence-electron chi connectivity index (χ4n) is 3.15. The molecule has 110 valence electrons. The minimum Gasteiger partial charge on any atom is -0.454 e. The van der Waals surface area contributed by atoms with E-state index in [4.69, 9.17) is 9.47 Å². The van der Waals surface area contributed by atoms with Gasteiger partial charge in [0, 0.05) is 13.1 Å². The van der Waals surface area contributed by atoms with Crippen molar-refractivity contribution in [2.45, 2.75) is 38.7 Å². The first-order valence-electron chi connectivity index (χ1n) is 7.45. The third kappa shape index (κ3) is 2.91. The van der Waals surface area contributed by atoms with Crippen molar-refractivity contribution in [3.05, 3.63) is 23.8 Å². The van der Waals surface area contributed by atoms with Gasteiger partial charge in [0.2, 0.25) is 6.79 Å². The Bertz CT molecular complexity index is 469. The van der Waals surface area contributed by atoms with Gasteiger partial charge in [0.25, 0.3) is 0 Å². The first-order chi connectivity index (χ1) is 9.66. The lowest BCUT2D eigenvalue weighted by Gasteiger charge is -2.24. The molecule has 4 heteroatoms. The van der Waals surface area contributed by atoms with Gasteiger partial charge in [-0.3, -0.25) is 0 Å². The third-order valence-electron chi connectivity index (χ3n) is 4.48. The van der Waals surface area contributed by atoms with Crippen LogP contribution in [0.5, 0.6) is 11.5 Å². The van der Waals surface area contributed by atoms with E-state index in [0.29, 0.717) is 12.0 Å². The molecule has 1 aromatic carbocycles. The van der Waals surface area contributed by atoms with Gasteiger partial charge in [-0.15, -0.1) is 0 Å². The molecule has 0 spiro atoms. The van der Waals surface area contributed by atoms with Crippen LogP contribution in [0.1, 0.15) is 44.3 Å². The number of ether oxygens (including phenoxy) is 2. The number of aliphatic hydroxyl groups is 1. The highest BCUT2D eigenvalue weighted by atomic mass is 16.7. The quantitative estimate of drug-likeness (QED) is 0.868. The van der Waals surface area contributed by atoms with E-state index in [2.05, 4.69) is 12.2 Å². The number of rotatable bonds is 5. The Kier molecular flexibility index (Phi) is 3.85. The first-order valence-corrected chi connectivity index (χ1v) is 7.45. The van der Waals surface area contributed by atoms with Crippen LogP contribution >= 0.6 is 0 Å². The van der Waals surface area contributed by atoms with Gasteiger partial charge >= 0.3 is 0 Å². The van der Waals surface area contributed by atoms with Crippen molar-refractivity contribution in [1.29, 1.82) is 0 Å². The zero-order valence-corrected chi connectivity index (χ0v) is 12.0. The summed E-state index contributed by atoms with van der Waals surface area (Å²) in [6.07, 6.45) is 4.75. The van der Waals surface area contributed by atoms with Crippen molar-refractivity contribution >= 4 is 0 Å². The Balaban J connectivity index is 1.52. The molecule has 1 aliphatic carbocycles. The fourth-order valence-corrected chi connectivity index (χ4v) is 3.15. The van der Waals surface area contributed by atoms with E-state index < -0.39 is 6.10 Å². The van der Waals surface area contributed by atoms with Crippen molar-refractivity contribution < 1.29 is 14.6 Å². The molecule has 0 radical (unpaired) electrons. The zero-order valence-electron chi connectivity index (χ0n) is 12.0. The van der Waals surface area contributed by atoms with Crippen LogP contribution in [0.4, 0.5) is 0 Å². The minimum absolute atomic E-state index is 0.269. The van der Waals surface area contributed by atoms with E-state index in [1.54, 1.807) is 0 Å². The third-order valence-corrected chi connectivity index (χ3v) is 4.48. The van der Waals surface area contributed by atoms with E-state index in [1.807, 2.05) is 18.2 Å². The molecular formula is C16H23NO3. The first kappa shape index (κ1) is 13.7. The van der Waals surface area contributed by atoms with Gasteiger partial charge in [0.15, 0.2) is 11.5 Å². The predicted molar refractivity (Wildman–Crippen MR) is 77.0 cm³/mol. The van der Waals surface area contributed by atoms with Crippen LogP contribution < -0.4 is 14.8 Å². The lowest BCUT2D eigenvalue weighted by atomic mass is 9.89. The van der Waals surface area contributed by atoms with Crippen LogP contribution in [0.2, 0.25) is 0 Å². The highest BCUT2D eigenvalue weighted by Crippen LogP contribution is 2.37. The average Bonchev–Trinajstić information content (AvgIpc) is 3.06. The molecule has 1 fully saturated rings. The Labute approximate surface area is 120 Å². The molecule has 0 bridgehead atoms. The summed E-state index contributed by atoms with van der Waals surface area (Å²) < 4.78 is 10.6. The Morgan fingerprint density at radius 1 is 1.25 bits per heavy atom. The summed E-state index contributed by atoms with van der Waals surface area (Å²) in [5, 5.41) is 13.7. The van der Waals surface area contributed by atoms with Crippen molar-refractivity contribution in [3.8, 4) is 11.5 Å². The Hall–Kier alpha value is -1.26. The van der Waals surface area contributed by atoms with Crippen LogP contribution in [-0.2, 0) is 0 Å². The second kappa shape index (κ2) is 5.62. The second-order valence-electron chi connectivity index (χ2n) is 6.28. The molecule has 1 aromatic rings. The molecule has 1 heterocycles. The highest BCUT2D eigenvalue weighted by Gasteiger charge is 2.28. The van der Waals surface area contributed by atoms with E-state index in [-0.39, 0.29) is 6.79 Å². The molecule has 1 saturated carbocycles. The summed E-state index contributed by atoms with van der Waals surface area (Å²) in [5.74, 6) is 1.48. The summed E-state index contributed by atoms with van der Waals surface area (Å²) in [5.41, 5.74) is 1.28. The van der Waals surface area contributed by atoms with E-state index in [1.165, 1.54) is 25.7 Å². The molecule has 0 amide bonds. The smallest absolute Gasteiger partial charge is 0.231 e. The summed E-state index contributed by atoms with van der Waals surface area (Å²) >= 11 is 0. The number of hydrogen-bond donors (Lipinski definition) is 2. The maximum Gasteiger partial charge on any atom is 0.231 e. The zero-order chi connectivity index (χ0) is 14.0. The van der Waals surface area contributed by atoms with E-state index in [0.717, 1.165) is 23.6 Å². The van der Waals surface area contributed by atoms with Gasteiger partial charge in [0.05, 0.1) is 6.10 Å². The lowest BCUT2D eigenvalue weighted by Crippen LogP contribution is -2.32. The normalized spacial score (nSPS) is 21.1. The molecule has 1 atom stereocenters. The van der Waals surface area contributed by atoms with Gasteiger partial charge in [-0.25, -0.2) is 0 Å². The molecule has 2 N–H and O–H groups in total. The monoisotopic (exact) mass is 277 g/mol. The van der Waals surface area contributed by atoms with Gasteiger partial charge in [-0.05, 0) is 36.0 Å². The summed E-state index contributed by atoms with van der Waals surface area (Å²) in [6, 6.07) is 5.63. The maximum atomic E-state index is 10.3. The van der Waals surface area contributed by atoms with Crippen LogP contribution in [0, 0.1) is 5.41 Å². The van der Waals surface area contributed by atoms with Crippen LogP contribution in [-0.4, -0.2) is 25.0 Å². The molecule has 1 aliphatic heterocycles. The van der Waals surface area contributed by atoms with E-state index in [9.17, 15) is 5.11 Å². The number of fused-ring (bicyclic) bond motifs is 1. The molecule has 1 unspecified atom stereocenters. The SMILES string of the molecule is CC1(CNCC(O)c2ccc3c(c2)OCO3)CCCC1. The standard InChI is InChI=1S/C16H23NO3/c1-16(6-2-3-7-16)10-17-9-13(18)12-4-5-14-15(8-12)20-11-19-14/h4-5,8,13,17-18H,2-3,6-7,9-11H2,1H3. The molecule has 0 saturated heterocycles. The Morgan fingerprint density at radius 2 is 2.00 bits per heavy atom. The van der Waals surface area contributed by atoms with Crippen LogP contribution in [0.3, 0.4) is 0 Å². The van der Waals surface area contributed by atoms with Crippen molar-refractivity contribution in [2.24, 2.45) is 5.41 Å². The van der Waals surface area contributed by atoms with Crippen molar-refractivity contribution in [3.63, 3.8) is 0 Å². The summed E-state index contributed by atoms with van der Waals surface area (Å²) in [6.45, 7) is 4.16. The van der Waals surface area contributed by atoms with Gasteiger partial charge < -0.3 is 19.9 Å². The molecule has 0 aromatic heterocycles. The summed E-state index contributed by atoms with van der Waals surface area (Å²) in [7, 11) is 0. The molecular weight excluding hydrogens is 254 g/mol. The fraction of sp³-hybridized carbons (Fsp3) is 0.625. The Morgan fingerprint density at radius 3 is 2.80 bits per heavy atom. The van der Waals surface area contributed by atoms with Gasteiger partial charge in [-0.1, -0.05) is 25.8 Å². The highest BCUT2D eigenvalue weighted by molar-refractivity contribution is 5.45. The van der Waals surface area contributed by atoms with Crippen LogP contribution in [0.15, 0.2) is 18.2 Å². The number of aliphatic hydroxyl groups excluding tert-OH is 1. The van der Waals surface area contributed by atoms with E-state index >= 15 is 0 Å². The minimum atomic E-state index is -0.505. The molecule has 2 aliphatic rings. The summed E-state index contributed by atoms with van der Waals surface area (Å²) in [4.78, 5) is 0. The van der Waals surface area contributed by atoms with Crippen molar-refractivity contribution in [1.82, 2.24) is 5.32 Å². The molecule has 3 rings (SSSR count). The van der Waals surface area contributed by atoms with Gasteiger partial charge in [-0.2, -0.15) is 0 Å². The topological polar surface area (TPSA) is 50.7 Å². The largest absolute Gasteiger partial charge is 0.454 e. The molecule has 20 heavy (non-hydrogen) atoms. The number of hydrogen-bond acceptors (Lipinski definition) is 4. The predicted octanol–water partition coefficient (Wildman–Crippen LogP) is 2.62. The lowest BCUT2D eigenvalue weighted by molar-refractivity contribution is 0.165. The number of nitrogens with one attached hydrogen (secondary N) is 1. The van der Waals surface area contributed by atoms with Crippen molar-refractivity contribution in [2.75, 3.05) is 19.9 Å². The maximum absolute atomic E-state index is 10.3. The second-order valence-corrected chi connectivity index (χ2v) is 6.28.